The average molecular weight is 447 g/mol. The molecule has 0 spiro atoms. The summed E-state index contributed by atoms with van der Waals surface area (Å²) in [7, 11) is 1.36. The Hall–Kier alpha value is -3.55. The molecule has 1 aliphatic heterocycles. The number of carbonyl (C=O) groups excluding carboxylic acids is 1. The lowest BCUT2D eigenvalue weighted by Crippen LogP contribution is -2.32. The second-order valence-corrected chi connectivity index (χ2v) is 9.39. The number of amides is 1. The van der Waals surface area contributed by atoms with Crippen molar-refractivity contribution in [3.63, 3.8) is 0 Å². The third-order valence-electron chi connectivity index (χ3n) is 5.79. The Labute approximate surface area is 193 Å². The third-order valence-corrected chi connectivity index (χ3v) is 5.79. The first-order valence-electron chi connectivity index (χ1n) is 11.2. The highest BCUT2D eigenvalue weighted by molar-refractivity contribution is 6.11. The fourth-order valence-electron chi connectivity index (χ4n) is 3.81. The molecule has 1 aliphatic rings. The van der Waals surface area contributed by atoms with Crippen LogP contribution in [0.25, 0.3) is 22.3 Å². The van der Waals surface area contributed by atoms with Gasteiger partial charge in [-0.25, -0.2) is 19.7 Å². The molecule has 1 amide bonds. The number of methoxy groups -OCH3 is 1. The molecule has 4 rings (SSSR count). The van der Waals surface area contributed by atoms with E-state index in [9.17, 15) is 4.79 Å². The number of aliphatic imine (C=N–C) groups is 1. The Morgan fingerprint density at radius 1 is 1.27 bits per heavy atom. The van der Waals surface area contributed by atoms with Crippen LogP contribution in [0.2, 0.25) is 0 Å². The second-order valence-electron chi connectivity index (χ2n) is 9.39. The largest absolute Gasteiger partial charge is 0.453 e. The average Bonchev–Trinajstić information content (AvgIpc) is 3.44. The summed E-state index contributed by atoms with van der Waals surface area (Å²) >= 11 is 0. The van der Waals surface area contributed by atoms with Crippen LogP contribution in [-0.2, 0) is 11.2 Å². The van der Waals surface area contributed by atoms with Crippen LogP contribution in [0, 0.1) is 5.41 Å². The minimum Gasteiger partial charge on any atom is -0.453 e. The lowest BCUT2D eigenvalue weighted by molar-refractivity contribution is 0.167. The number of alkyl carbamates (subject to hydrolysis) is 1. The maximum absolute atomic E-state index is 11.4. The van der Waals surface area contributed by atoms with Crippen LogP contribution in [0.15, 0.2) is 41.8 Å². The second kappa shape index (κ2) is 9.13. The van der Waals surface area contributed by atoms with Gasteiger partial charge in [0.25, 0.3) is 0 Å². The van der Waals surface area contributed by atoms with Crippen LogP contribution in [-0.4, -0.2) is 44.9 Å². The summed E-state index contributed by atoms with van der Waals surface area (Å²) in [5.41, 5.74) is 5.80. The molecule has 4 heterocycles. The Morgan fingerprint density at radius 2 is 2.09 bits per heavy atom. The molecule has 0 saturated carbocycles. The van der Waals surface area contributed by atoms with Crippen molar-refractivity contribution < 1.29 is 9.53 Å². The molecule has 8 nitrogen and oxygen atoms in total. The van der Waals surface area contributed by atoms with Crippen molar-refractivity contribution >= 4 is 34.1 Å². The molecule has 0 radical (unpaired) electrons. The lowest BCUT2D eigenvalue weighted by atomic mass is 9.86. The number of aromatic nitrogens is 4. The van der Waals surface area contributed by atoms with E-state index in [1.165, 1.54) is 7.11 Å². The molecule has 8 heteroatoms. The maximum atomic E-state index is 11.4. The van der Waals surface area contributed by atoms with Gasteiger partial charge in [-0.2, -0.15) is 0 Å². The Bertz CT molecular complexity index is 1230. The molecular weight excluding hydrogens is 416 g/mol. The van der Waals surface area contributed by atoms with Gasteiger partial charge in [-0.05, 0) is 42.7 Å². The number of aryl methyl sites for hydroxylation is 1. The van der Waals surface area contributed by atoms with E-state index >= 15 is 0 Å². The molecule has 3 aromatic heterocycles. The highest BCUT2D eigenvalue weighted by Crippen LogP contribution is 2.39. The Morgan fingerprint density at radius 3 is 2.85 bits per heavy atom. The van der Waals surface area contributed by atoms with Gasteiger partial charge in [-0.1, -0.05) is 20.8 Å². The molecule has 0 fully saturated rings. The van der Waals surface area contributed by atoms with E-state index in [2.05, 4.69) is 51.8 Å². The van der Waals surface area contributed by atoms with Crippen molar-refractivity contribution in [3.8, 4) is 0 Å². The topological polar surface area (TPSA) is 105 Å². The number of carbonyl (C=O) groups is 1. The van der Waals surface area contributed by atoms with Gasteiger partial charge in [0.15, 0.2) is 0 Å². The van der Waals surface area contributed by atoms with Gasteiger partial charge in [0.05, 0.1) is 18.5 Å². The monoisotopic (exact) mass is 446 g/mol. The number of pyridine rings is 1. The summed E-state index contributed by atoms with van der Waals surface area (Å²) < 4.78 is 4.66. The van der Waals surface area contributed by atoms with E-state index in [4.69, 9.17) is 9.98 Å². The van der Waals surface area contributed by atoms with Crippen molar-refractivity contribution in [2.45, 2.75) is 53.0 Å². The number of rotatable bonds is 6. The van der Waals surface area contributed by atoms with E-state index in [0.717, 1.165) is 51.5 Å². The first-order chi connectivity index (χ1) is 15.7. The third kappa shape index (κ3) is 5.10. The van der Waals surface area contributed by atoms with Crippen LogP contribution < -0.4 is 5.32 Å². The van der Waals surface area contributed by atoms with Crippen molar-refractivity contribution in [1.82, 2.24) is 25.3 Å². The lowest BCUT2D eigenvalue weighted by Gasteiger charge is -2.18. The molecule has 0 aliphatic carbocycles. The van der Waals surface area contributed by atoms with Crippen LogP contribution in [0.4, 0.5) is 4.79 Å². The summed E-state index contributed by atoms with van der Waals surface area (Å²) in [4.78, 5) is 33.4. The molecular formula is C25H30N6O2. The van der Waals surface area contributed by atoms with Crippen LogP contribution in [0.3, 0.4) is 0 Å². The summed E-state index contributed by atoms with van der Waals surface area (Å²) in [5.74, 6) is 0.719. The minimum absolute atomic E-state index is 0.0457. The van der Waals surface area contributed by atoms with Gasteiger partial charge in [-0.15, -0.1) is 0 Å². The van der Waals surface area contributed by atoms with Crippen LogP contribution in [0.5, 0.6) is 0 Å². The number of hydrogen-bond donors (Lipinski definition) is 2. The number of aromatic amines is 1. The summed E-state index contributed by atoms with van der Waals surface area (Å²) in [6.07, 6.45) is 7.24. The molecule has 0 unspecified atom stereocenters. The number of fused-ring (bicyclic) bond motifs is 1. The maximum Gasteiger partial charge on any atom is 0.407 e. The fraction of sp³-hybridized carbons (Fsp3) is 0.400. The molecule has 172 valence electrons. The number of nitrogens with zero attached hydrogens (tertiary/aromatic N) is 4. The van der Waals surface area contributed by atoms with E-state index in [0.29, 0.717) is 12.8 Å². The van der Waals surface area contributed by atoms with Crippen molar-refractivity contribution in [1.29, 1.82) is 0 Å². The van der Waals surface area contributed by atoms with Gasteiger partial charge in [0.1, 0.15) is 11.5 Å². The smallest absolute Gasteiger partial charge is 0.407 e. The summed E-state index contributed by atoms with van der Waals surface area (Å²) in [6, 6.07) is 6.04. The number of nitrogens with one attached hydrogen (secondary N) is 2. The van der Waals surface area contributed by atoms with E-state index in [1.54, 1.807) is 6.20 Å². The molecule has 0 aromatic carbocycles. The van der Waals surface area contributed by atoms with Gasteiger partial charge < -0.3 is 15.0 Å². The molecule has 1 atom stereocenters. The summed E-state index contributed by atoms with van der Waals surface area (Å²) in [5, 5.41) is 3.84. The highest BCUT2D eigenvalue weighted by atomic mass is 16.5. The number of ether oxygens (including phenoxy) is 1. The number of hydrogen-bond acceptors (Lipinski definition) is 6. The first-order valence-corrected chi connectivity index (χ1v) is 11.2. The predicted molar refractivity (Wildman–Crippen MR) is 130 cm³/mol. The SMILES string of the molecule is COC(=O)N[C@@H](C)CCc1nccc(C2=C(c3cnc4[nH]ccc4c3)CC(C(C)(C)C)=N2)n1. The van der Waals surface area contributed by atoms with Crippen molar-refractivity contribution in [2.75, 3.05) is 7.11 Å². The van der Waals surface area contributed by atoms with E-state index < -0.39 is 6.09 Å². The van der Waals surface area contributed by atoms with Gasteiger partial charge in [0, 0.05) is 54.0 Å². The molecule has 2 N–H and O–H groups in total. The molecule has 33 heavy (non-hydrogen) atoms. The quantitative estimate of drug-likeness (QED) is 0.566. The zero-order valence-corrected chi connectivity index (χ0v) is 19.8. The van der Waals surface area contributed by atoms with Gasteiger partial charge in [0.2, 0.25) is 0 Å². The fourth-order valence-corrected chi connectivity index (χ4v) is 3.81. The Kier molecular flexibility index (Phi) is 6.26. The van der Waals surface area contributed by atoms with Crippen molar-refractivity contribution in [2.24, 2.45) is 10.4 Å². The van der Waals surface area contributed by atoms with E-state index in [1.807, 2.05) is 31.5 Å². The van der Waals surface area contributed by atoms with Gasteiger partial charge in [-0.3, -0.25) is 4.99 Å². The molecule has 0 saturated heterocycles. The first kappa shape index (κ1) is 22.6. The number of H-pyrrole nitrogens is 1. The summed E-state index contributed by atoms with van der Waals surface area (Å²) in [6.45, 7) is 8.48. The van der Waals surface area contributed by atoms with E-state index in [-0.39, 0.29) is 11.5 Å². The molecule has 3 aromatic rings. The Balaban J connectivity index is 1.65. The zero-order chi connectivity index (χ0) is 23.6. The van der Waals surface area contributed by atoms with Crippen molar-refractivity contribution in [3.05, 3.63) is 53.9 Å². The number of allylic oxidation sites excluding steroid dienone is 1. The zero-order valence-electron chi connectivity index (χ0n) is 19.8. The normalized spacial score (nSPS) is 15.0. The van der Waals surface area contributed by atoms with Crippen LogP contribution in [0.1, 0.15) is 57.6 Å². The molecule has 0 bridgehead atoms. The van der Waals surface area contributed by atoms with Gasteiger partial charge >= 0.3 is 6.09 Å². The standard InChI is InChI=1S/C25H30N6O2/c1-15(29-24(32)33-5)6-7-21-26-11-9-19(30-21)22-18(13-20(31-22)25(2,3)4)17-12-16-8-10-27-23(16)28-14-17/h8-12,14-15H,6-7,13H2,1-5H3,(H,27,28)(H,29,32)/t15-/m0/s1. The highest BCUT2D eigenvalue weighted by Gasteiger charge is 2.29. The minimum atomic E-state index is -0.435. The van der Waals surface area contributed by atoms with Crippen LogP contribution >= 0.6 is 0 Å². The predicted octanol–water partition coefficient (Wildman–Crippen LogP) is 4.79.